The molecule has 0 saturated carbocycles. The highest BCUT2D eigenvalue weighted by atomic mass is 19.4. The summed E-state index contributed by atoms with van der Waals surface area (Å²) in [6, 6.07) is 6.50. The molecule has 0 aliphatic carbocycles. The minimum absolute atomic E-state index is 0.0583. The third kappa shape index (κ3) is 7.74. The molecule has 0 spiro atoms. The first kappa shape index (κ1) is 27.2. The topological polar surface area (TPSA) is 133 Å². The molecule has 9 nitrogen and oxygen atoms in total. The van der Waals surface area contributed by atoms with E-state index in [-0.39, 0.29) is 35.1 Å². The van der Waals surface area contributed by atoms with E-state index in [9.17, 15) is 22.8 Å². The SMILES string of the molecule is COC[C@H](C)Oc1cc(Oc2ccc(C(=O)OC)cc2C(F)(F)F)cc(C(=O)NC(=N)/C=C\N)c1. The van der Waals surface area contributed by atoms with Crippen LogP contribution in [0.25, 0.3) is 0 Å². The molecule has 0 bridgehead atoms. The second-order valence-electron chi connectivity index (χ2n) is 7.11. The number of methoxy groups -OCH3 is 2. The van der Waals surface area contributed by atoms with Crippen LogP contribution in [-0.2, 0) is 15.7 Å². The highest BCUT2D eigenvalue weighted by Crippen LogP contribution is 2.39. The predicted octanol–water partition coefficient (Wildman–Crippen LogP) is 3.88. The van der Waals surface area contributed by atoms with Crippen LogP contribution in [0.2, 0.25) is 0 Å². The third-order valence-corrected chi connectivity index (χ3v) is 4.33. The summed E-state index contributed by atoms with van der Waals surface area (Å²) in [5, 5.41) is 9.92. The van der Waals surface area contributed by atoms with Gasteiger partial charge in [0, 0.05) is 18.7 Å². The van der Waals surface area contributed by atoms with Crippen molar-refractivity contribution in [2.75, 3.05) is 20.8 Å². The summed E-state index contributed by atoms with van der Waals surface area (Å²) in [5.41, 5.74) is 3.61. The van der Waals surface area contributed by atoms with E-state index < -0.39 is 35.5 Å². The maximum atomic E-state index is 13.7. The molecule has 0 unspecified atom stereocenters. The van der Waals surface area contributed by atoms with Gasteiger partial charge >= 0.3 is 12.1 Å². The van der Waals surface area contributed by atoms with Gasteiger partial charge in [-0.2, -0.15) is 13.2 Å². The molecule has 0 aliphatic rings. The first-order chi connectivity index (χ1) is 16.5. The monoisotopic (exact) mass is 495 g/mol. The molecule has 12 heteroatoms. The Balaban J connectivity index is 2.51. The van der Waals surface area contributed by atoms with E-state index in [1.807, 2.05) is 0 Å². The summed E-state index contributed by atoms with van der Waals surface area (Å²) in [7, 11) is 2.51. The number of amides is 1. The van der Waals surface area contributed by atoms with Gasteiger partial charge < -0.3 is 30.0 Å². The summed E-state index contributed by atoms with van der Waals surface area (Å²) < 4.78 is 61.7. The quantitative estimate of drug-likeness (QED) is 0.273. The zero-order chi connectivity index (χ0) is 26.2. The van der Waals surface area contributed by atoms with Crippen LogP contribution in [-0.4, -0.2) is 44.6 Å². The molecule has 1 amide bonds. The lowest BCUT2D eigenvalue weighted by Gasteiger charge is -2.18. The van der Waals surface area contributed by atoms with Crippen LogP contribution in [0.3, 0.4) is 0 Å². The number of benzene rings is 2. The van der Waals surface area contributed by atoms with E-state index >= 15 is 0 Å². The van der Waals surface area contributed by atoms with Crippen molar-refractivity contribution < 1.29 is 41.7 Å². The molecular weight excluding hydrogens is 471 g/mol. The molecule has 4 N–H and O–H groups in total. The van der Waals surface area contributed by atoms with E-state index in [0.717, 1.165) is 31.5 Å². The van der Waals surface area contributed by atoms with Gasteiger partial charge in [-0.1, -0.05) is 0 Å². The van der Waals surface area contributed by atoms with Crippen molar-refractivity contribution in [2.24, 2.45) is 5.73 Å². The van der Waals surface area contributed by atoms with Gasteiger partial charge in [0.1, 0.15) is 29.2 Å². The molecule has 0 radical (unpaired) electrons. The fourth-order valence-corrected chi connectivity index (χ4v) is 2.88. The Morgan fingerprint density at radius 2 is 1.80 bits per heavy atom. The average molecular weight is 495 g/mol. The number of nitrogens with one attached hydrogen (secondary N) is 2. The van der Waals surface area contributed by atoms with Crippen LogP contribution in [0.5, 0.6) is 17.2 Å². The number of amidine groups is 1. The smallest absolute Gasteiger partial charge is 0.420 e. The van der Waals surface area contributed by atoms with E-state index in [4.69, 9.17) is 25.4 Å². The number of alkyl halides is 3. The zero-order valence-electron chi connectivity index (χ0n) is 19.1. The van der Waals surface area contributed by atoms with Crippen molar-refractivity contribution in [3.63, 3.8) is 0 Å². The van der Waals surface area contributed by atoms with Gasteiger partial charge in [0.2, 0.25) is 0 Å². The lowest BCUT2D eigenvalue weighted by atomic mass is 10.1. The number of ether oxygens (including phenoxy) is 4. The second-order valence-corrected chi connectivity index (χ2v) is 7.11. The van der Waals surface area contributed by atoms with Crippen LogP contribution >= 0.6 is 0 Å². The highest BCUT2D eigenvalue weighted by Gasteiger charge is 2.35. The Labute approximate surface area is 199 Å². The second kappa shape index (κ2) is 11.9. The van der Waals surface area contributed by atoms with Crippen molar-refractivity contribution in [1.29, 1.82) is 5.41 Å². The van der Waals surface area contributed by atoms with Crippen molar-refractivity contribution in [1.82, 2.24) is 5.32 Å². The number of carbonyl (C=O) groups is 2. The molecule has 2 rings (SSSR count). The molecule has 0 aliphatic heterocycles. The fourth-order valence-electron chi connectivity index (χ4n) is 2.88. The Kier molecular flexibility index (Phi) is 9.23. The Bertz CT molecular complexity index is 1120. The Hall–Kier alpha value is -4.06. The molecule has 1 atom stereocenters. The molecule has 188 valence electrons. The predicted molar refractivity (Wildman–Crippen MR) is 120 cm³/mol. The van der Waals surface area contributed by atoms with Crippen molar-refractivity contribution in [3.8, 4) is 17.2 Å². The van der Waals surface area contributed by atoms with Crippen LogP contribution in [0.15, 0.2) is 48.7 Å². The van der Waals surface area contributed by atoms with Crippen LogP contribution < -0.4 is 20.5 Å². The molecule has 0 fully saturated rings. The number of hydrogen-bond acceptors (Lipinski definition) is 8. The van der Waals surface area contributed by atoms with Gasteiger partial charge in [-0.3, -0.25) is 10.2 Å². The minimum Gasteiger partial charge on any atom is -0.488 e. The van der Waals surface area contributed by atoms with E-state index in [1.165, 1.54) is 25.3 Å². The summed E-state index contributed by atoms with van der Waals surface area (Å²) in [5.74, 6) is -2.67. The van der Waals surface area contributed by atoms with Gasteiger partial charge in [0.15, 0.2) is 0 Å². The van der Waals surface area contributed by atoms with Crippen molar-refractivity contribution in [2.45, 2.75) is 19.2 Å². The first-order valence-corrected chi connectivity index (χ1v) is 10.0. The Morgan fingerprint density at radius 1 is 1.11 bits per heavy atom. The van der Waals surface area contributed by atoms with E-state index in [0.29, 0.717) is 6.07 Å². The Morgan fingerprint density at radius 3 is 2.40 bits per heavy atom. The minimum atomic E-state index is -4.86. The van der Waals surface area contributed by atoms with Gasteiger partial charge in [0.05, 0.1) is 24.8 Å². The first-order valence-electron chi connectivity index (χ1n) is 10.0. The number of halogens is 3. The van der Waals surface area contributed by atoms with Crippen LogP contribution in [0.4, 0.5) is 13.2 Å². The maximum absolute atomic E-state index is 13.7. The number of esters is 1. The highest BCUT2D eigenvalue weighted by molar-refractivity contribution is 6.09. The van der Waals surface area contributed by atoms with Crippen LogP contribution in [0.1, 0.15) is 33.2 Å². The lowest BCUT2D eigenvalue weighted by molar-refractivity contribution is -0.138. The van der Waals surface area contributed by atoms with Gasteiger partial charge in [-0.05, 0) is 49.5 Å². The molecule has 0 saturated heterocycles. The average Bonchev–Trinajstić information content (AvgIpc) is 2.78. The van der Waals surface area contributed by atoms with Gasteiger partial charge in [-0.25, -0.2) is 4.79 Å². The number of rotatable bonds is 9. The van der Waals surface area contributed by atoms with Gasteiger partial charge in [-0.15, -0.1) is 0 Å². The summed E-state index contributed by atoms with van der Waals surface area (Å²) in [6.45, 7) is 1.89. The molecule has 2 aromatic carbocycles. The number of carbonyl (C=O) groups excluding carboxylic acids is 2. The summed E-state index contributed by atoms with van der Waals surface area (Å²) in [4.78, 5) is 24.3. The molecule has 0 heterocycles. The summed E-state index contributed by atoms with van der Waals surface area (Å²) in [6.07, 6.45) is -3.13. The largest absolute Gasteiger partial charge is 0.488 e. The third-order valence-electron chi connectivity index (χ3n) is 4.33. The molecule has 0 aromatic heterocycles. The normalized spacial score (nSPS) is 12.2. The van der Waals surface area contributed by atoms with Crippen LogP contribution in [0, 0.1) is 5.41 Å². The molecular formula is C23H24F3N3O6. The lowest BCUT2D eigenvalue weighted by Crippen LogP contribution is -2.28. The van der Waals surface area contributed by atoms with Gasteiger partial charge in [0.25, 0.3) is 5.91 Å². The number of nitrogens with two attached hydrogens (primary N) is 1. The fraction of sp³-hybridized carbons (Fsp3) is 0.261. The maximum Gasteiger partial charge on any atom is 0.420 e. The standard InChI is InChI=1S/C23H24F3N3O6/c1-13(12-32-2)34-16-8-15(21(30)29-20(28)6-7-27)9-17(11-16)35-19-5-4-14(22(31)33-3)10-18(19)23(24,25)26/h4-11,13H,12,27H2,1-3H3,(H2,28,29,30)/b7-6-/t13-/m0/s1. The zero-order valence-corrected chi connectivity index (χ0v) is 19.1. The summed E-state index contributed by atoms with van der Waals surface area (Å²) >= 11 is 0. The number of hydrogen-bond donors (Lipinski definition) is 3. The van der Waals surface area contributed by atoms with E-state index in [2.05, 4.69) is 10.1 Å². The molecule has 2 aromatic rings. The molecule has 35 heavy (non-hydrogen) atoms. The van der Waals surface area contributed by atoms with Crippen molar-refractivity contribution >= 4 is 17.7 Å². The van der Waals surface area contributed by atoms with Crippen molar-refractivity contribution in [3.05, 3.63) is 65.4 Å². The van der Waals surface area contributed by atoms with E-state index in [1.54, 1.807) is 6.92 Å².